The largest absolute Gasteiger partial charge is 0.481 e. The number of rotatable bonds is 4. The Bertz CT molecular complexity index is 694. The van der Waals surface area contributed by atoms with Crippen molar-refractivity contribution in [3.05, 3.63) is 35.4 Å². The van der Waals surface area contributed by atoms with Gasteiger partial charge in [0.05, 0.1) is 17.0 Å². The number of hydrogen-bond acceptors (Lipinski definition) is 4. The van der Waals surface area contributed by atoms with E-state index >= 15 is 0 Å². The summed E-state index contributed by atoms with van der Waals surface area (Å²) in [6.45, 7) is 2.11. The van der Waals surface area contributed by atoms with Crippen molar-refractivity contribution >= 4 is 23.7 Å². The quantitative estimate of drug-likeness (QED) is 0.831. The molecule has 2 unspecified atom stereocenters. The molecule has 2 aliphatic heterocycles. The van der Waals surface area contributed by atoms with Gasteiger partial charge in [-0.05, 0) is 25.5 Å². The second-order valence-electron chi connectivity index (χ2n) is 6.12. The predicted octanol–water partition coefficient (Wildman–Crippen LogP) is 0.994. The second kappa shape index (κ2) is 6.07. The molecule has 0 saturated carbocycles. The molecule has 2 heterocycles. The lowest BCUT2D eigenvalue weighted by Crippen LogP contribution is -2.40. The van der Waals surface area contributed by atoms with Gasteiger partial charge in [0.1, 0.15) is 0 Å². The van der Waals surface area contributed by atoms with E-state index in [1.807, 2.05) is 0 Å². The molecule has 1 fully saturated rings. The average Bonchev–Trinajstić information content (AvgIpc) is 3.06. The molecule has 0 aromatic heterocycles. The Kier molecular flexibility index (Phi) is 4.09. The number of likely N-dealkylation sites (tertiary alicyclic amines) is 1. The summed E-state index contributed by atoms with van der Waals surface area (Å²) in [6.07, 6.45) is 0.428. The summed E-state index contributed by atoms with van der Waals surface area (Å²) < 4.78 is 0. The van der Waals surface area contributed by atoms with Crippen molar-refractivity contribution < 1.29 is 24.3 Å². The van der Waals surface area contributed by atoms with Gasteiger partial charge in [-0.2, -0.15) is 0 Å². The summed E-state index contributed by atoms with van der Waals surface area (Å²) in [4.78, 5) is 50.6. The number of carboxylic acids is 1. The average molecular weight is 330 g/mol. The molecule has 1 aromatic carbocycles. The molecule has 7 heteroatoms. The van der Waals surface area contributed by atoms with Crippen LogP contribution in [-0.4, -0.2) is 57.7 Å². The smallest absolute Gasteiger partial charge is 0.308 e. The highest BCUT2D eigenvalue weighted by Crippen LogP contribution is 2.26. The monoisotopic (exact) mass is 330 g/mol. The van der Waals surface area contributed by atoms with Crippen molar-refractivity contribution in [1.29, 1.82) is 0 Å². The van der Waals surface area contributed by atoms with Crippen LogP contribution in [0.25, 0.3) is 0 Å². The Morgan fingerprint density at radius 1 is 1.17 bits per heavy atom. The third kappa shape index (κ3) is 2.55. The number of imide groups is 1. The van der Waals surface area contributed by atoms with Crippen LogP contribution < -0.4 is 0 Å². The molecule has 0 bridgehead atoms. The fourth-order valence-corrected chi connectivity index (χ4v) is 3.42. The topological polar surface area (TPSA) is 95.0 Å². The number of carbonyl (C=O) groups excluding carboxylic acids is 3. The summed E-state index contributed by atoms with van der Waals surface area (Å²) >= 11 is 0. The fraction of sp³-hybridized carbons (Fsp3) is 0.412. The molecule has 1 saturated heterocycles. The van der Waals surface area contributed by atoms with Crippen LogP contribution >= 0.6 is 0 Å². The summed E-state index contributed by atoms with van der Waals surface area (Å²) in [5.74, 6) is -2.48. The van der Waals surface area contributed by atoms with E-state index in [4.69, 9.17) is 5.11 Å². The number of nitrogens with zero attached hydrogens (tertiary/aromatic N) is 2. The molecule has 7 nitrogen and oxygen atoms in total. The van der Waals surface area contributed by atoms with Gasteiger partial charge in [-0.25, -0.2) is 0 Å². The standard InChI is InChI=1S/C17H18N2O5/c1-10-11(17(23)24)6-8-18(10)14(20)7-9-19-15(21)12-4-2-3-5-13(12)16(19)22/h2-5,10-11H,6-9H2,1H3,(H,23,24). The maximum atomic E-state index is 12.4. The Labute approximate surface area is 138 Å². The minimum absolute atomic E-state index is 0.00213. The molecule has 0 radical (unpaired) electrons. The first-order valence-corrected chi connectivity index (χ1v) is 7.89. The van der Waals surface area contributed by atoms with Gasteiger partial charge in [-0.1, -0.05) is 12.1 Å². The Morgan fingerprint density at radius 2 is 1.75 bits per heavy atom. The first-order valence-electron chi connectivity index (χ1n) is 7.89. The second-order valence-corrected chi connectivity index (χ2v) is 6.12. The minimum atomic E-state index is -0.904. The summed E-state index contributed by atoms with van der Waals surface area (Å²) in [7, 11) is 0. The fourth-order valence-electron chi connectivity index (χ4n) is 3.42. The third-order valence-electron chi connectivity index (χ3n) is 4.82. The molecular formula is C17H18N2O5. The molecular weight excluding hydrogens is 312 g/mol. The molecule has 1 N–H and O–H groups in total. The number of fused-ring (bicyclic) bond motifs is 1. The van der Waals surface area contributed by atoms with Crippen molar-refractivity contribution in [3.63, 3.8) is 0 Å². The minimum Gasteiger partial charge on any atom is -0.481 e. The molecule has 126 valence electrons. The number of amides is 3. The van der Waals surface area contributed by atoms with E-state index in [-0.39, 0.29) is 36.7 Å². The van der Waals surface area contributed by atoms with E-state index in [0.717, 1.165) is 4.90 Å². The highest BCUT2D eigenvalue weighted by molar-refractivity contribution is 6.21. The summed E-state index contributed by atoms with van der Waals surface area (Å²) in [5.41, 5.74) is 0.714. The van der Waals surface area contributed by atoms with Gasteiger partial charge >= 0.3 is 5.97 Å². The first kappa shape index (κ1) is 16.2. The maximum Gasteiger partial charge on any atom is 0.308 e. The molecule has 1 aromatic rings. The van der Waals surface area contributed by atoms with Crippen LogP contribution in [0.15, 0.2) is 24.3 Å². The van der Waals surface area contributed by atoms with Gasteiger partial charge in [0, 0.05) is 25.6 Å². The Hall–Kier alpha value is -2.70. The lowest BCUT2D eigenvalue weighted by molar-refractivity contribution is -0.143. The van der Waals surface area contributed by atoms with Gasteiger partial charge < -0.3 is 10.0 Å². The molecule has 0 spiro atoms. The maximum absolute atomic E-state index is 12.4. The van der Waals surface area contributed by atoms with Gasteiger partial charge in [0.15, 0.2) is 0 Å². The molecule has 2 atom stereocenters. The van der Waals surface area contributed by atoms with Crippen LogP contribution in [0.2, 0.25) is 0 Å². The van der Waals surface area contributed by atoms with Crippen LogP contribution in [0, 0.1) is 5.92 Å². The van der Waals surface area contributed by atoms with Crippen LogP contribution in [0.5, 0.6) is 0 Å². The van der Waals surface area contributed by atoms with E-state index in [2.05, 4.69) is 0 Å². The molecule has 2 aliphatic rings. The first-order chi connectivity index (χ1) is 11.4. The molecule has 24 heavy (non-hydrogen) atoms. The van der Waals surface area contributed by atoms with Crippen LogP contribution in [-0.2, 0) is 9.59 Å². The Balaban J connectivity index is 1.63. The van der Waals surface area contributed by atoms with E-state index in [1.54, 1.807) is 31.2 Å². The lowest BCUT2D eigenvalue weighted by atomic mass is 10.0. The van der Waals surface area contributed by atoms with E-state index < -0.39 is 11.9 Å². The zero-order valence-corrected chi connectivity index (χ0v) is 13.3. The Morgan fingerprint density at radius 3 is 2.25 bits per heavy atom. The molecule has 3 rings (SSSR count). The van der Waals surface area contributed by atoms with Crippen molar-refractivity contribution in [3.8, 4) is 0 Å². The zero-order valence-electron chi connectivity index (χ0n) is 13.3. The van der Waals surface area contributed by atoms with E-state index in [9.17, 15) is 19.2 Å². The van der Waals surface area contributed by atoms with Crippen molar-refractivity contribution in [2.45, 2.75) is 25.8 Å². The van der Waals surface area contributed by atoms with Gasteiger partial charge in [0.25, 0.3) is 11.8 Å². The van der Waals surface area contributed by atoms with Crippen molar-refractivity contribution in [2.24, 2.45) is 5.92 Å². The van der Waals surface area contributed by atoms with Crippen LogP contribution in [0.3, 0.4) is 0 Å². The van der Waals surface area contributed by atoms with E-state index in [1.165, 1.54) is 4.90 Å². The number of carboxylic acid groups (broad SMARTS) is 1. The third-order valence-corrected chi connectivity index (χ3v) is 4.82. The number of benzene rings is 1. The predicted molar refractivity (Wildman–Crippen MR) is 83.3 cm³/mol. The van der Waals surface area contributed by atoms with Crippen LogP contribution in [0.4, 0.5) is 0 Å². The molecule has 3 amide bonds. The van der Waals surface area contributed by atoms with Gasteiger partial charge in [-0.3, -0.25) is 24.1 Å². The zero-order chi connectivity index (χ0) is 17.4. The number of hydrogen-bond donors (Lipinski definition) is 1. The van der Waals surface area contributed by atoms with Crippen molar-refractivity contribution in [2.75, 3.05) is 13.1 Å². The number of aliphatic carboxylic acids is 1. The van der Waals surface area contributed by atoms with Crippen molar-refractivity contribution in [1.82, 2.24) is 9.80 Å². The summed E-state index contributed by atoms with van der Waals surface area (Å²) in [6, 6.07) is 6.19. The lowest BCUT2D eigenvalue weighted by Gasteiger charge is -2.24. The SMILES string of the molecule is CC1C(C(=O)O)CCN1C(=O)CCN1C(=O)c2ccccc2C1=O. The highest BCUT2D eigenvalue weighted by Gasteiger charge is 2.39. The number of carbonyl (C=O) groups is 4. The van der Waals surface area contributed by atoms with E-state index in [0.29, 0.717) is 24.1 Å². The van der Waals surface area contributed by atoms with Gasteiger partial charge in [-0.15, -0.1) is 0 Å². The highest BCUT2D eigenvalue weighted by atomic mass is 16.4. The van der Waals surface area contributed by atoms with Crippen LogP contribution in [0.1, 0.15) is 40.5 Å². The summed E-state index contributed by atoms with van der Waals surface area (Å²) in [5, 5.41) is 9.12. The van der Waals surface area contributed by atoms with Gasteiger partial charge in [0.2, 0.25) is 5.91 Å². The molecule has 0 aliphatic carbocycles. The normalized spacial score (nSPS) is 22.9.